The third-order valence-corrected chi connectivity index (χ3v) is 6.08. The molecule has 0 saturated carbocycles. The smallest absolute Gasteiger partial charge is 0.254 e. The molecule has 2 amide bonds. The lowest BCUT2D eigenvalue weighted by molar-refractivity contribution is -0.119. The van der Waals surface area contributed by atoms with Gasteiger partial charge in [0.15, 0.2) is 0 Å². The summed E-state index contributed by atoms with van der Waals surface area (Å²) in [7, 11) is 1.55. The predicted octanol–water partition coefficient (Wildman–Crippen LogP) is 2.50. The van der Waals surface area contributed by atoms with Crippen LogP contribution >= 0.6 is 0 Å². The standard InChI is InChI=1S/C23H29N3O5/c1-29-20-5-4-18(22(28)25-10-14-31-15-11-25)16-19(20)24-21(27)17-23(6-12-30-13-7-23)26-8-2-3-9-26/h2-5,8-9,16H,6-7,10-15,17H2,1H3,(H,24,27). The normalized spacial score (nSPS) is 18.4. The first-order valence-electron chi connectivity index (χ1n) is 10.7. The van der Waals surface area contributed by atoms with E-state index in [0.29, 0.717) is 62.9 Å². The highest BCUT2D eigenvalue weighted by Gasteiger charge is 2.36. The van der Waals surface area contributed by atoms with Crippen LogP contribution in [0, 0.1) is 0 Å². The molecule has 4 rings (SSSR count). The number of ether oxygens (including phenoxy) is 3. The Bertz CT molecular complexity index is 900. The van der Waals surface area contributed by atoms with E-state index in [4.69, 9.17) is 14.2 Å². The van der Waals surface area contributed by atoms with Gasteiger partial charge in [-0.05, 0) is 43.2 Å². The number of hydrogen-bond donors (Lipinski definition) is 1. The van der Waals surface area contributed by atoms with E-state index in [1.54, 1.807) is 30.2 Å². The van der Waals surface area contributed by atoms with Crippen LogP contribution in [-0.4, -0.2) is 67.9 Å². The SMILES string of the molecule is COc1ccc(C(=O)N2CCOCC2)cc1NC(=O)CC1(n2cccc2)CCOCC1. The zero-order valence-electron chi connectivity index (χ0n) is 17.8. The Hall–Kier alpha value is -2.84. The minimum absolute atomic E-state index is 0.0744. The molecular formula is C23H29N3O5. The van der Waals surface area contributed by atoms with E-state index in [9.17, 15) is 9.59 Å². The topological polar surface area (TPSA) is 82.0 Å². The first-order valence-corrected chi connectivity index (χ1v) is 10.7. The summed E-state index contributed by atoms with van der Waals surface area (Å²) < 4.78 is 18.4. The van der Waals surface area contributed by atoms with Crippen LogP contribution in [-0.2, 0) is 19.8 Å². The molecule has 3 heterocycles. The molecule has 0 bridgehead atoms. The van der Waals surface area contributed by atoms with Crippen LogP contribution in [0.1, 0.15) is 29.6 Å². The molecule has 2 aliphatic heterocycles. The maximum Gasteiger partial charge on any atom is 0.254 e. The van der Waals surface area contributed by atoms with Crippen molar-refractivity contribution in [3.05, 3.63) is 48.3 Å². The van der Waals surface area contributed by atoms with Gasteiger partial charge in [0.2, 0.25) is 5.91 Å². The molecule has 1 aromatic heterocycles. The van der Waals surface area contributed by atoms with Crippen molar-refractivity contribution < 1.29 is 23.8 Å². The number of nitrogens with one attached hydrogen (secondary N) is 1. The molecule has 2 aliphatic rings. The minimum atomic E-state index is -0.319. The lowest BCUT2D eigenvalue weighted by Crippen LogP contribution is -2.42. The zero-order chi connectivity index (χ0) is 21.7. The Balaban J connectivity index is 1.52. The first kappa shape index (κ1) is 21.4. The summed E-state index contributed by atoms with van der Waals surface area (Å²) in [5.41, 5.74) is 0.700. The Morgan fingerprint density at radius 2 is 1.74 bits per heavy atom. The maximum absolute atomic E-state index is 13.1. The van der Waals surface area contributed by atoms with E-state index < -0.39 is 0 Å². The molecule has 31 heavy (non-hydrogen) atoms. The van der Waals surface area contributed by atoms with Crippen molar-refractivity contribution >= 4 is 17.5 Å². The van der Waals surface area contributed by atoms with Crippen LogP contribution in [0.15, 0.2) is 42.7 Å². The van der Waals surface area contributed by atoms with Crippen LogP contribution in [0.5, 0.6) is 5.75 Å². The number of amides is 2. The van der Waals surface area contributed by atoms with Gasteiger partial charge in [0.1, 0.15) is 5.75 Å². The van der Waals surface area contributed by atoms with Crippen LogP contribution in [0.25, 0.3) is 0 Å². The van der Waals surface area contributed by atoms with Crippen molar-refractivity contribution in [2.24, 2.45) is 0 Å². The number of morpholine rings is 1. The van der Waals surface area contributed by atoms with Crippen molar-refractivity contribution in [1.82, 2.24) is 9.47 Å². The zero-order valence-corrected chi connectivity index (χ0v) is 17.8. The lowest BCUT2D eigenvalue weighted by Gasteiger charge is -2.38. The number of carbonyl (C=O) groups is 2. The number of benzene rings is 1. The fraction of sp³-hybridized carbons (Fsp3) is 0.478. The highest BCUT2D eigenvalue weighted by Crippen LogP contribution is 2.34. The monoisotopic (exact) mass is 427 g/mol. The molecule has 2 aromatic rings. The van der Waals surface area contributed by atoms with Gasteiger partial charge in [-0.15, -0.1) is 0 Å². The van der Waals surface area contributed by atoms with Gasteiger partial charge in [-0.2, -0.15) is 0 Å². The third-order valence-electron chi connectivity index (χ3n) is 6.08. The molecule has 0 aliphatic carbocycles. The largest absolute Gasteiger partial charge is 0.495 e. The van der Waals surface area contributed by atoms with Crippen molar-refractivity contribution in [1.29, 1.82) is 0 Å². The third kappa shape index (κ3) is 4.75. The van der Waals surface area contributed by atoms with Gasteiger partial charge in [0, 0.05) is 44.3 Å². The molecule has 1 aromatic carbocycles. The number of carbonyl (C=O) groups excluding carboxylic acids is 2. The Kier molecular flexibility index (Phi) is 6.58. The maximum atomic E-state index is 13.1. The number of nitrogens with zero attached hydrogens (tertiary/aromatic N) is 2. The van der Waals surface area contributed by atoms with E-state index in [2.05, 4.69) is 9.88 Å². The Morgan fingerprint density at radius 3 is 2.42 bits per heavy atom. The molecule has 0 radical (unpaired) electrons. The van der Waals surface area contributed by atoms with E-state index in [1.165, 1.54) is 0 Å². The molecule has 8 heteroatoms. The molecule has 2 fully saturated rings. The summed E-state index contributed by atoms with van der Waals surface area (Å²) in [4.78, 5) is 27.7. The fourth-order valence-corrected chi connectivity index (χ4v) is 4.31. The van der Waals surface area contributed by atoms with Crippen LogP contribution in [0.3, 0.4) is 0 Å². The average molecular weight is 428 g/mol. The van der Waals surface area contributed by atoms with Gasteiger partial charge in [-0.3, -0.25) is 9.59 Å². The van der Waals surface area contributed by atoms with Crippen LogP contribution in [0.2, 0.25) is 0 Å². The van der Waals surface area contributed by atoms with Gasteiger partial charge in [0.05, 0.1) is 38.0 Å². The minimum Gasteiger partial charge on any atom is -0.495 e. The van der Waals surface area contributed by atoms with Crippen LogP contribution < -0.4 is 10.1 Å². The van der Waals surface area contributed by atoms with E-state index in [0.717, 1.165) is 12.8 Å². The molecular weight excluding hydrogens is 398 g/mol. The van der Waals surface area contributed by atoms with Crippen molar-refractivity contribution in [2.45, 2.75) is 24.8 Å². The van der Waals surface area contributed by atoms with Crippen molar-refractivity contribution in [3.8, 4) is 5.75 Å². The Morgan fingerprint density at radius 1 is 1.06 bits per heavy atom. The predicted molar refractivity (Wildman–Crippen MR) is 115 cm³/mol. The summed E-state index contributed by atoms with van der Waals surface area (Å²) >= 11 is 0. The summed E-state index contributed by atoms with van der Waals surface area (Å²) in [6, 6.07) is 9.09. The second-order valence-corrected chi connectivity index (χ2v) is 7.97. The summed E-state index contributed by atoms with van der Waals surface area (Å²) in [6.07, 6.45) is 5.85. The second kappa shape index (κ2) is 9.53. The molecule has 0 unspecified atom stereocenters. The van der Waals surface area contributed by atoms with Crippen LogP contribution in [0.4, 0.5) is 5.69 Å². The van der Waals surface area contributed by atoms with Gasteiger partial charge in [-0.25, -0.2) is 0 Å². The van der Waals surface area contributed by atoms with Gasteiger partial charge < -0.3 is 29.0 Å². The summed E-state index contributed by atoms with van der Waals surface area (Å²) in [5, 5.41) is 2.98. The highest BCUT2D eigenvalue weighted by molar-refractivity contribution is 5.98. The lowest BCUT2D eigenvalue weighted by atomic mass is 9.86. The van der Waals surface area contributed by atoms with Crippen molar-refractivity contribution in [2.75, 3.05) is 51.9 Å². The molecule has 8 nitrogen and oxygen atoms in total. The molecule has 0 spiro atoms. The fourth-order valence-electron chi connectivity index (χ4n) is 4.31. The summed E-state index contributed by atoms with van der Waals surface area (Å²) in [5.74, 6) is 0.327. The quantitative estimate of drug-likeness (QED) is 0.766. The number of anilines is 1. The van der Waals surface area contributed by atoms with Crippen molar-refractivity contribution in [3.63, 3.8) is 0 Å². The van der Waals surface area contributed by atoms with Gasteiger partial charge in [0.25, 0.3) is 5.91 Å². The molecule has 166 valence electrons. The Labute approximate surface area is 182 Å². The molecule has 1 N–H and O–H groups in total. The van der Waals surface area contributed by atoms with Gasteiger partial charge >= 0.3 is 0 Å². The summed E-state index contributed by atoms with van der Waals surface area (Å²) in [6.45, 7) is 3.45. The van der Waals surface area contributed by atoms with E-state index >= 15 is 0 Å². The first-order chi connectivity index (χ1) is 15.1. The van der Waals surface area contributed by atoms with E-state index in [-0.39, 0.29) is 17.4 Å². The van der Waals surface area contributed by atoms with E-state index in [1.807, 2.05) is 24.5 Å². The number of hydrogen-bond acceptors (Lipinski definition) is 5. The van der Waals surface area contributed by atoms with Gasteiger partial charge in [-0.1, -0.05) is 0 Å². The number of aromatic nitrogens is 1. The second-order valence-electron chi connectivity index (χ2n) is 7.97. The highest BCUT2D eigenvalue weighted by atomic mass is 16.5. The average Bonchev–Trinajstić information content (AvgIpc) is 3.35. The number of methoxy groups -OCH3 is 1. The number of rotatable bonds is 6. The molecule has 0 atom stereocenters. The molecule has 2 saturated heterocycles.